The Morgan fingerprint density at radius 3 is 2.09 bits per heavy atom. The van der Waals surface area contributed by atoms with Gasteiger partial charge in [0.15, 0.2) is 11.0 Å². The lowest BCUT2D eigenvalue weighted by Crippen LogP contribution is -2.31. The van der Waals surface area contributed by atoms with E-state index in [1.54, 1.807) is 35.1 Å². The number of aromatic nitrogens is 3. The van der Waals surface area contributed by atoms with Gasteiger partial charge in [-0.15, -0.1) is 5.10 Å². The Kier molecular flexibility index (Phi) is 5.61. The first kappa shape index (κ1) is 18.5. The van der Waals surface area contributed by atoms with E-state index in [-0.39, 0.29) is 22.6 Å². The fourth-order valence-electron chi connectivity index (χ4n) is 1.58. The summed E-state index contributed by atoms with van der Waals surface area (Å²) in [6.07, 6.45) is 0. The maximum absolute atomic E-state index is 12.3. The summed E-state index contributed by atoms with van der Waals surface area (Å²) in [5, 5.41) is 4.42. The van der Waals surface area contributed by atoms with Crippen LogP contribution in [0.15, 0.2) is 5.16 Å². The first-order chi connectivity index (χ1) is 9.95. The summed E-state index contributed by atoms with van der Waals surface area (Å²) < 4.78 is 1.27. The van der Waals surface area contributed by atoms with Crippen molar-refractivity contribution in [1.29, 1.82) is 0 Å². The minimum atomic E-state index is -0.347. The Morgan fingerprint density at radius 2 is 1.68 bits per heavy atom. The van der Waals surface area contributed by atoms with Crippen LogP contribution in [0.4, 0.5) is 4.79 Å². The van der Waals surface area contributed by atoms with Gasteiger partial charge in [0.05, 0.1) is 5.25 Å². The average Bonchev–Trinajstić information content (AvgIpc) is 2.80. The van der Waals surface area contributed by atoms with Gasteiger partial charge in [0.25, 0.3) is 0 Å². The van der Waals surface area contributed by atoms with Crippen molar-refractivity contribution in [2.24, 2.45) is 0 Å². The van der Waals surface area contributed by atoms with Gasteiger partial charge in [0, 0.05) is 33.6 Å². The Bertz CT molecular complexity index is 560. The first-order valence-corrected chi connectivity index (χ1v) is 7.90. The standard InChI is InChI=1S/C14H25N5O2S/c1-9(10(20)17(5)6)22-12-15-11(14(2,3)4)16-19(12)13(21)18(7)8/h9H,1-8H3. The number of carbonyl (C=O) groups excluding carboxylic acids is 2. The first-order valence-electron chi connectivity index (χ1n) is 7.02. The van der Waals surface area contributed by atoms with Gasteiger partial charge in [-0.05, 0) is 6.92 Å². The third kappa shape index (κ3) is 4.22. The van der Waals surface area contributed by atoms with Crippen LogP contribution in [-0.2, 0) is 10.2 Å². The third-order valence-electron chi connectivity index (χ3n) is 2.88. The Labute approximate surface area is 136 Å². The van der Waals surface area contributed by atoms with E-state index in [1.165, 1.54) is 26.2 Å². The molecule has 7 nitrogen and oxygen atoms in total. The van der Waals surface area contributed by atoms with Crippen LogP contribution in [0.25, 0.3) is 0 Å². The van der Waals surface area contributed by atoms with Gasteiger partial charge in [-0.25, -0.2) is 9.78 Å². The van der Waals surface area contributed by atoms with Crippen molar-refractivity contribution < 1.29 is 9.59 Å². The zero-order valence-corrected chi connectivity index (χ0v) is 15.4. The number of hydrogen-bond donors (Lipinski definition) is 0. The maximum atomic E-state index is 12.3. The molecule has 2 amide bonds. The molecule has 1 rings (SSSR count). The molecule has 0 aliphatic rings. The van der Waals surface area contributed by atoms with Gasteiger partial charge in [-0.1, -0.05) is 32.5 Å². The summed E-state index contributed by atoms with van der Waals surface area (Å²) >= 11 is 1.24. The second kappa shape index (κ2) is 6.68. The minimum Gasteiger partial charge on any atom is -0.348 e. The van der Waals surface area contributed by atoms with Crippen molar-refractivity contribution in [3.05, 3.63) is 5.82 Å². The lowest BCUT2D eigenvalue weighted by atomic mass is 9.96. The molecular formula is C14H25N5O2S. The molecule has 0 saturated carbocycles. The van der Waals surface area contributed by atoms with Crippen molar-refractivity contribution in [1.82, 2.24) is 24.6 Å². The second-order valence-corrected chi connectivity index (χ2v) is 7.86. The number of nitrogens with zero attached hydrogens (tertiary/aromatic N) is 5. The molecule has 0 bridgehead atoms. The molecule has 1 unspecified atom stereocenters. The van der Waals surface area contributed by atoms with Gasteiger partial charge in [0.2, 0.25) is 5.91 Å². The van der Waals surface area contributed by atoms with Gasteiger partial charge >= 0.3 is 6.03 Å². The van der Waals surface area contributed by atoms with Gasteiger partial charge in [-0.3, -0.25) is 4.79 Å². The fourth-order valence-corrected chi connectivity index (χ4v) is 2.56. The highest BCUT2D eigenvalue weighted by Crippen LogP contribution is 2.26. The van der Waals surface area contributed by atoms with Crippen molar-refractivity contribution in [3.8, 4) is 0 Å². The summed E-state index contributed by atoms with van der Waals surface area (Å²) in [4.78, 5) is 31.7. The zero-order valence-electron chi connectivity index (χ0n) is 14.5. The van der Waals surface area contributed by atoms with E-state index in [1.807, 2.05) is 20.8 Å². The minimum absolute atomic E-state index is 0.0332. The quantitative estimate of drug-likeness (QED) is 0.790. The van der Waals surface area contributed by atoms with Gasteiger partial charge < -0.3 is 9.80 Å². The highest BCUT2D eigenvalue weighted by atomic mass is 32.2. The van der Waals surface area contributed by atoms with Crippen LogP contribution in [0.1, 0.15) is 33.5 Å². The van der Waals surface area contributed by atoms with E-state index < -0.39 is 0 Å². The van der Waals surface area contributed by atoms with E-state index in [0.717, 1.165) is 0 Å². The molecule has 0 saturated heterocycles. The van der Waals surface area contributed by atoms with Crippen LogP contribution in [0, 0.1) is 0 Å². The molecule has 0 N–H and O–H groups in total. The lowest BCUT2D eigenvalue weighted by Gasteiger charge is -2.16. The molecule has 1 heterocycles. The largest absolute Gasteiger partial charge is 0.348 e. The maximum Gasteiger partial charge on any atom is 0.346 e. The van der Waals surface area contributed by atoms with Crippen molar-refractivity contribution in [2.75, 3.05) is 28.2 Å². The Hall–Kier alpha value is -1.57. The van der Waals surface area contributed by atoms with Crippen LogP contribution >= 0.6 is 11.8 Å². The molecule has 0 fully saturated rings. The molecule has 1 aromatic heterocycles. The summed E-state index contributed by atoms with van der Waals surface area (Å²) in [5.41, 5.74) is -0.276. The van der Waals surface area contributed by atoms with Crippen molar-refractivity contribution >= 4 is 23.7 Å². The van der Waals surface area contributed by atoms with Gasteiger partial charge in [0.1, 0.15) is 0 Å². The molecule has 1 atom stereocenters. The smallest absolute Gasteiger partial charge is 0.346 e. The number of hydrogen-bond acceptors (Lipinski definition) is 5. The fraction of sp³-hybridized carbons (Fsp3) is 0.714. The number of rotatable bonds is 3. The second-order valence-electron chi connectivity index (χ2n) is 6.55. The third-order valence-corrected chi connectivity index (χ3v) is 3.91. The molecule has 0 spiro atoms. The summed E-state index contributed by atoms with van der Waals surface area (Å²) in [7, 11) is 6.72. The lowest BCUT2D eigenvalue weighted by molar-refractivity contribution is -0.127. The van der Waals surface area contributed by atoms with E-state index in [4.69, 9.17) is 0 Å². The molecule has 0 aromatic carbocycles. The van der Waals surface area contributed by atoms with Crippen LogP contribution in [0.5, 0.6) is 0 Å². The SMILES string of the molecule is CC(Sc1nc(C(C)(C)C)nn1C(=O)N(C)C)C(=O)N(C)C. The van der Waals surface area contributed by atoms with E-state index in [0.29, 0.717) is 11.0 Å². The molecule has 22 heavy (non-hydrogen) atoms. The van der Waals surface area contributed by atoms with E-state index >= 15 is 0 Å². The molecule has 1 aromatic rings. The predicted octanol–water partition coefficient (Wildman–Crippen LogP) is 1.67. The highest BCUT2D eigenvalue weighted by molar-refractivity contribution is 8.00. The Balaban J connectivity index is 3.19. The molecule has 8 heteroatoms. The van der Waals surface area contributed by atoms with Crippen molar-refractivity contribution in [3.63, 3.8) is 0 Å². The van der Waals surface area contributed by atoms with Crippen LogP contribution in [0.2, 0.25) is 0 Å². The number of amides is 2. The van der Waals surface area contributed by atoms with Crippen molar-refractivity contribution in [2.45, 2.75) is 43.5 Å². The molecule has 0 radical (unpaired) electrons. The Morgan fingerprint density at radius 1 is 1.14 bits per heavy atom. The zero-order chi connectivity index (χ0) is 17.2. The van der Waals surface area contributed by atoms with E-state index in [2.05, 4.69) is 10.1 Å². The van der Waals surface area contributed by atoms with Crippen LogP contribution in [-0.4, -0.2) is 69.9 Å². The van der Waals surface area contributed by atoms with E-state index in [9.17, 15) is 9.59 Å². The highest BCUT2D eigenvalue weighted by Gasteiger charge is 2.27. The molecule has 124 valence electrons. The van der Waals surface area contributed by atoms with Crippen LogP contribution < -0.4 is 0 Å². The predicted molar refractivity (Wildman–Crippen MR) is 87.2 cm³/mol. The van der Waals surface area contributed by atoms with Crippen LogP contribution in [0.3, 0.4) is 0 Å². The van der Waals surface area contributed by atoms with Gasteiger partial charge in [-0.2, -0.15) is 4.68 Å². The summed E-state index contributed by atoms with van der Waals surface area (Å²) in [6, 6.07) is -0.282. The summed E-state index contributed by atoms with van der Waals surface area (Å²) in [6.45, 7) is 7.74. The number of thioether (sulfide) groups is 1. The normalized spacial score (nSPS) is 12.9. The monoisotopic (exact) mass is 327 g/mol. The molecule has 0 aliphatic heterocycles. The molecular weight excluding hydrogens is 302 g/mol. The topological polar surface area (TPSA) is 71.3 Å². The average molecular weight is 327 g/mol. The molecule has 0 aliphatic carbocycles. The number of carbonyl (C=O) groups is 2. The summed E-state index contributed by atoms with van der Waals surface area (Å²) in [5.74, 6) is 0.545.